The van der Waals surface area contributed by atoms with E-state index in [0.717, 1.165) is 24.9 Å². The molecule has 0 bridgehead atoms. The summed E-state index contributed by atoms with van der Waals surface area (Å²) in [4.78, 5) is 0. The van der Waals surface area contributed by atoms with E-state index < -0.39 is 6.10 Å². The van der Waals surface area contributed by atoms with Crippen molar-refractivity contribution in [1.29, 1.82) is 0 Å². The SMILES string of the molecule is CCCCNCC(O)c1ccc(F)cc1. The predicted molar refractivity (Wildman–Crippen MR) is 59.1 cm³/mol. The van der Waals surface area contributed by atoms with Crippen LogP contribution in [0.15, 0.2) is 24.3 Å². The van der Waals surface area contributed by atoms with Gasteiger partial charge in [0, 0.05) is 6.54 Å². The number of aliphatic hydroxyl groups is 1. The van der Waals surface area contributed by atoms with Gasteiger partial charge in [-0.1, -0.05) is 25.5 Å². The summed E-state index contributed by atoms with van der Waals surface area (Å²) in [5, 5.41) is 12.9. The number of unbranched alkanes of at least 4 members (excludes halogenated alkanes) is 1. The fourth-order valence-electron chi connectivity index (χ4n) is 1.34. The lowest BCUT2D eigenvalue weighted by molar-refractivity contribution is 0.174. The highest BCUT2D eigenvalue weighted by Gasteiger charge is 2.06. The van der Waals surface area contributed by atoms with Crippen LogP contribution in [0.5, 0.6) is 0 Å². The van der Waals surface area contributed by atoms with E-state index in [-0.39, 0.29) is 5.82 Å². The zero-order valence-corrected chi connectivity index (χ0v) is 9.04. The van der Waals surface area contributed by atoms with Crippen LogP contribution < -0.4 is 5.32 Å². The predicted octanol–water partition coefficient (Wildman–Crippen LogP) is 2.25. The van der Waals surface area contributed by atoms with Crippen molar-refractivity contribution in [3.63, 3.8) is 0 Å². The molecule has 3 heteroatoms. The summed E-state index contributed by atoms with van der Waals surface area (Å²) < 4.78 is 12.6. The van der Waals surface area contributed by atoms with Gasteiger partial charge in [0.15, 0.2) is 0 Å². The lowest BCUT2D eigenvalue weighted by Gasteiger charge is -2.11. The standard InChI is InChI=1S/C12H18FNO/c1-2-3-8-14-9-12(15)10-4-6-11(13)7-5-10/h4-7,12,14-15H,2-3,8-9H2,1H3. The molecule has 0 aromatic heterocycles. The van der Waals surface area contributed by atoms with Crippen LogP contribution in [0, 0.1) is 5.82 Å². The number of hydrogen-bond acceptors (Lipinski definition) is 2. The minimum atomic E-state index is -0.553. The number of benzene rings is 1. The number of nitrogens with one attached hydrogen (secondary N) is 1. The summed E-state index contributed by atoms with van der Waals surface area (Å²) >= 11 is 0. The van der Waals surface area contributed by atoms with Crippen LogP contribution in [0.2, 0.25) is 0 Å². The van der Waals surface area contributed by atoms with Crippen LogP contribution >= 0.6 is 0 Å². The maximum atomic E-state index is 12.6. The second-order valence-corrected chi connectivity index (χ2v) is 3.63. The molecule has 1 aromatic carbocycles. The van der Waals surface area contributed by atoms with Crippen molar-refractivity contribution in [3.8, 4) is 0 Å². The van der Waals surface area contributed by atoms with E-state index in [1.807, 2.05) is 0 Å². The Morgan fingerprint density at radius 2 is 2.00 bits per heavy atom. The van der Waals surface area contributed by atoms with Crippen molar-refractivity contribution in [3.05, 3.63) is 35.6 Å². The maximum Gasteiger partial charge on any atom is 0.123 e. The molecule has 0 spiro atoms. The van der Waals surface area contributed by atoms with Crippen LogP contribution in [0.4, 0.5) is 4.39 Å². The normalized spacial score (nSPS) is 12.7. The van der Waals surface area contributed by atoms with Gasteiger partial charge in [-0.15, -0.1) is 0 Å². The van der Waals surface area contributed by atoms with Gasteiger partial charge in [0.1, 0.15) is 5.82 Å². The van der Waals surface area contributed by atoms with Crippen molar-refractivity contribution < 1.29 is 9.50 Å². The molecule has 1 rings (SSSR count). The topological polar surface area (TPSA) is 32.3 Å². The van der Waals surface area contributed by atoms with Crippen molar-refractivity contribution in [2.75, 3.05) is 13.1 Å². The van der Waals surface area contributed by atoms with Gasteiger partial charge in [-0.3, -0.25) is 0 Å². The van der Waals surface area contributed by atoms with E-state index in [4.69, 9.17) is 0 Å². The average molecular weight is 211 g/mol. The molecule has 1 aromatic rings. The quantitative estimate of drug-likeness (QED) is 0.707. The van der Waals surface area contributed by atoms with Crippen LogP contribution in [-0.2, 0) is 0 Å². The Balaban J connectivity index is 2.33. The Bertz CT molecular complexity index is 273. The third kappa shape index (κ3) is 4.40. The molecular formula is C12H18FNO. The molecule has 0 aliphatic rings. The summed E-state index contributed by atoms with van der Waals surface area (Å²) in [6.45, 7) is 3.55. The highest BCUT2D eigenvalue weighted by Crippen LogP contribution is 2.12. The van der Waals surface area contributed by atoms with Gasteiger partial charge >= 0.3 is 0 Å². The van der Waals surface area contributed by atoms with Gasteiger partial charge in [0.25, 0.3) is 0 Å². The second-order valence-electron chi connectivity index (χ2n) is 3.63. The van der Waals surface area contributed by atoms with Crippen LogP contribution in [0.3, 0.4) is 0 Å². The third-order valence-electron chi connectivity index (χ3n) is 2.30. The summed E-state index contributed by atoms with van der Waals surface area (Å²) in [5.74, 6) is -0.273. The van der Waals surface area contributed by atoms with Crippen molar-refractivity contribution >= 4 is 0 Å². The maximum absolute atomic E-state index is 12.6. The molecule has 0 saturated carbocycles. The number of aliphatic hydroxyl groups excluding tert-OH is 1. The van der Waals surface area contributed by atoms with Crippen molar-refractivity contribution in [2.45, 2.75) is 25.9 Å². The summed E-state index contributed by atoms with van der Waals surface area (Å²) in [6.07, 6.45) is 1.69. The molecule has 0 aliphatic carbocycles. The van der Waals surface area contributed by atoms with Gasteiger partial charge in [-0.2, -0.15) is 0 Å². The monoisotopic (exact) mass is 211 g/mol. The van der Waals surface area contributed by atoms with Gasteiger partial charge in [-0.25, -0.2) is 4.39 Å². The minimum Gasteiger partial charge on any atom is -0.387 e. The number of hydrogen-bond donors (Lipinski definition) is 2. The van der Waals surface area contributed by atoms with Gasteiger partial charge in [0.05, 0.1) is 6.10 Å². The Hall–Kier alpha value is -0.930. The number of halogens is 1. The van der Waals surface area contributed by atoms with E-state index in [2.05, 4.69) is 12.2 Å². The van der Waals surface area contributed by atoms with Crippen molar-refractivity contribution in [2.24, 2.45) is 0 Å². The van der Waals surface area contributed by atoms with Crippen molar-refractivity contribution in [1.82, 2.24) is 5.32 Å². The Labute approximate surface area is 90.1 Å². The molecule has 0 fully saturated rings. The third-order valence-corrected chi connectivity index (χ3v) is 2.30. The fourth-order valence-corrected chi connectivity index (χ4v) is 1.34. The van der Waals surface area contributed by atoms with Crippen LogP contribution in [-0.4, -0.2) is 18.2 Å². The molecule has 0 radical (unpaired) electrons. The van der Waals surface area contributed by atoms with Gasteiger partial charge in [-0.05, 0) is 30.7 Å². The summed E-state index contributed by atoms with van der Waals surface area (Å²) in [7, 11) is 0. The molecule has 0 amide bonds. The molecule has 84 valence electrons. The largest absolute Gasteiger partial charge is 0.387 e. The van der Waals surface area contributed by atoms with E-state index in [1.165, 1.54) is 12.1 Å². The average Bonchev–Trinajstić information content (AvgIpc) is 2.25. The van der Waals surface area contributed by atoms with Crippen LogP contribution in [0.1, 0.15) is 31.4 Å². The van der Waals surface area contributed by atoms with E-state index >= 15 is 0 Å². The highest BCUT2D eigenvalue weighted by atomic mass is 19.1. The minimum absolute atomic E-state index is 0.273. The van der Waals surface area contributed by atoms with E-state index in [9.17, 15) is 9.50 Å². The molecule has 0 heterocycles. The first-order valence-corrected chi connectivity index (χ1v) is 5.38. The molecular weight excluding hydrogens is 193 g/mol. The zero-order chi connectivity index (χ0) is 11.1. The Morgan fingerprint density at radius 1 is 1.33 bits per heavy atom. The second kappa shape index (κ2) is 6.53. The Morgan fingerprint density at radius 3 is 2.60 bits per heavy atom. The van der Waals surface area contributed by atoms with E-state index in [1.54, 1.807) is 12.1 Å². The first-order valence-electron chi connectivity index (χ1n) is 5.38. The molecule has 0 aliphatic heterocycles. The lowest BCUT2D eigenvalue weighted by Crippen LogP contribution is -2.22. The lowest BCUT2D eigenvalue weighted by atomic mass is 10.1. The Kier molecular flexibility index (Phi) is 5.29. The molecule has 2 nitrogen and oxygen atoms in total. The molecule has 0 saturated heterocycles. The zero-order valence-electron chi connectivity index (χ0n) is 9.04. The van der Waals surface area contributed by atoms with E-state index in [0.29, 0.717) is 6.54 Å². The van der Waals surface area contributed by atoms with Crippen LogP contribution in [0.25, 0.3) is 0 Å². The highest BCUT2D eigenvalue weighted by molar-refractivity contribution is 5.18. The summed E-state index contributed by atoms with van der Waals surface area (Å²) in [6, 6.07) is 5.96. The summed E-state index contributed by atoms with van der Waals surface area (Å²) in [5.41, 5.74) is 0.750. The first kappa shape index (κ1) is 12.1. The van der Waals surface area contributed by atoms with Gasteiger partial charge < -0.3 is 10.4 Å². The van der Waals surface area contributed by atoms with Gasteiger partial charge in [0.2, 0.25) is 0 Å². The molecule has 15 heavy (non-hydrogen) atoms. The molecule has 1 atom stereocenters. The first-order chi connectivity index (χ1) is 7.24. The molecule has 1 unspecified atom stereocenters. The smallest absolute Gasteiger partial charge is 0.123 e. The number of rotatable bonds is 6. The fraction of sp³-hybridized carbons (Fsp3) is 0.500. The molecule has 2 N–H and O–H groups in total.